The summed E-state index contributed by atoms with van der Waals surface area (Å²) in [6.07, 6.45) is 0. The number of carboxylic acids is 1. The van der Waals surface area contributed by atoms with E-state index in [0.717, 1.165) is 11.3 Å². The first-order valence-electron chi connectivity index (χ1n) is 5.48. The van der Waals surface area contributed by atoms with Crippen molar-refractivity contribution in [2.45, 2.75) is 11.4 Å². The van der Waals surface area contributed by atoms with Gasteiger partial charge in [0.05, 0.1) is 14.2 Å². The normalized spacial score (nSPS) is 22.8. The van der Waals surface area contributed by atoms with Crippen molar-refractivity contribution in [3.8, 4) is 11.5 Å². The van der Waals surface area contributed by atoms with E-state index >= 15 is 0 Å². The Morgan fingerprint density at radius 3 is 2.67 bits per heavy atom. The quantitative estimate of drug-likeness (QED) is 0.863. The summed E-state index contributed by atoms with van der Waals surface area (Å²) in [4.78, 5) is 10.9. The van der Waals surface area contributed by atoms with E-state index < -0.39 is 11.3 Å². The molecule has 5 nitrogen and oxygen atoms in total. The van der Waals surface area contributed by atoms with E-state index in [2.05, 4.69) is 5.32 Å². The second kappa shape index (κ2) is 5.49. The highest BCUT2D eigenvalue weighted by Crippen LogP contribution is 2.34. The minimum Gasteiger partial charge on any atom is -0.493 e. The zero-order chi connectivity index (χ0) is 13.1. The van der Waals surface area contributed by atoms with E-state index in [1.807, 2.05) is 18.2 Å². The van der Waals surface area contributed by atoms with Crippen LogP contribution in [0.2, 0.25) is 0 Å². The molecule has 2 atom stereocenters. The van der Waals surface area contributed by atoms with Crippen molar-refractivity contribution in [2.75, 3.05) is 20.0 Å². The summed E-state index contributed by atoms with van der Waals surface area (Å²) in [6, 6.07) is 5.65. The van der Waals surface area contributed by atoms with Crippen molar-refractivity contribution in [1.82, 2.24) is 5.32 Å². The molecular formula is C12H15NO4S. The van der Waals surface area contributed by atoms with Crippen molar-refractivity contribution in [1.29, 1.82) is 0 Å². The Morgan fingerprint density at radius 1 is 1.39 bits per heavy atom. The smallest absolute Gasteiger partial charge is 0.331 e. The lowest BCUT2D eigenvalue weighted by Gasteiger charge is -2.14. The van der Waals surface area contributed by atoms with E-state index in [4.69, 9.17) is 14.6 Å². The van der Waals surface area contributed by atoms with Gasteiger partial charge in [-0.3, -0.25) is 5.32 Å². The van der Waals surface area contributed by atoms with Crippen LogP contribution in [-0.2, 0) is 4.79 Å². The maximum absolute atomic E-state index is 10.9. The zero-order valence-electron chi connectivity index (χ0n) is 10.2. The number of nitrogens with one attached hydrogen (secondary N) is 1. The zero-order valence-corrected chi connectivity index (χ0v) is 11.0. The van der Waals surface area contributed by atoms with Gasteiger partial charge >= 0.3 is 5.97 Å². The molecule has 6 heteroatoms. The first-order chi connectivity index (χ1) is 8.65. The standard InChI is InChI=1S/C12H15NO4S/c1-16-9-4-3-7(5-10(9)17-2)8-6-18-11(13-8)12(14)15/h3-5,8,11,13H,6H2,1-2H3,(H,14,15)/t8-,11-/m1/s1. The molecule has 98 valence electrons. The highest BCUT2D eigenvalue weighted by molar-refractivity contribution is 8.00. The van der Waals surface area contributed by atoms with Crippen LogP contribution in [0.1, 0.15) is 11.6 Å². The number of rotatable bonds is 4. The molecule has 2 rings (SSSR count). The van der Waals surface area contributed by atoms with Crippen molar-refractivity contribution in [2.24, 2.45) is 0 Å². The lowest BCUT2D eigenvalue weighted by Crippen LogP contribution is -2.30. The Balaban J connectivity index is 2.17. The monoisotopic (exact) mass is 269 g/mol. The van der Waals surface area contributed by atoms with Gasteiger partial charge in [-0.25, -0.2) is 4.79 Å². The molecule has 0 unspecified atom stereocenters. The van der Waals surface area contributed by atoms with Crippen LogP contribution in [0.15, 0.2) is 18.2 Å². The Kier molecular flexibility index (Phi) is 3.98. The number of ether oxygens (including phenoxy) is 2. The predicted octanol–water partition coefficient (Wildman–Crippen LogP) is 1.49. The second-order valence-electron chi connectivity index (χ2n) is 3.89. The molecule has 0 amide bonds. The Labute approximate surface area is 109 Å². The lowest BCUT2D eigenvalue weighted by molar-refractivity contribution is -0.137. The molecular weight excluding hydrogens is 254 g/mol. The molecule has 1 saturated heterocycles. The van der Waals surface area contributed by atoms with Crippen LogP contribution in [0.5, 0.6) is 11.5 Å². The van der Waals surface area contributed by atoms with E-state index in [9.17, 15) is 4.79 Å². The van der Waals surface area contributed by atoms with Gasteiger partial charge in [0.15, 0.2) is 16.9 Å². The fourth-order valence-corrected chi connectivity index (χ4v) is 2.95. The van der Waals surface area contributed by atoms with Crippen LogP contribution < -0.4 is 14.8 Å². The number of benzene rings is 1. The number of hydrogen-bond acceptors (Lipinski definition) is 5. The number of aliphatic carboxylic acids is 1. The van der Waals surface area contributed by atoms with Gasteiger partial charge in [-0.2, -0.15) is 0 Å². The first kappa shape index (κ1) is 13.0. The summed E-state index contributed by atoms with van der Waals surface area (Å²) >= 11 is 1.39. The van der Waals surface area contributed by atoms with Gasteiger partial charge in [0.1, 0.15) is 0 Å². The Morgan fingerprint density at radius 2 is 2.11 bits per heavy atom. The molecule has 1 fully saturated rings. The highest BCUT2D eigenvalue weighted by Gasteiger charge is 2.30. The molecule has 0 aromatic heterocycles. The minimum absolute atomic E-state index is 0.0240. The van der Waals surface area contributed by atoms with Crippen molar-refractivity contribution >= 4 is 17.7 Å². The number of thioether (sulfide) groups is 1. The van der Waals surface area contributed by atoms with Crippen molar-refractivity contribution in [3.05, 3.63) is 23.8 Å². The third-order valence-electron chi connectivity index (χ3n) is 2.82. The summed E-state index contributed by atoms with van der Waals surface area (Å²) in [7, 11) is 3.17. The molecule has 1 aliphatic rings. The number of hydrogen-bond donors (Lipinski definition) is 2. The third kappa shape index (κ3) is 2.54. The van der Waals surface area contributed by atoms with E-state index in [-0.39, 0.29) is 6.04 Å². The number of methoxy groups -OCH3 is 2. The summed E-state index contributed by atoms with van der Waals surface area (Å²) < 4.78 is 10.4. The van der Waals surface area contributed by atoms with E-state index in [0.29, 0.717) is 11.5 Å². The summed E-state index contributed by atoms with van der Waals surface area (Å²) in [6.45, 7) is 0. The summed E-state index contributed by atoms with van der Waals surface area (Å²) in [5.41, 5.74) is 1.00. The summed E-state index contributed by atoms with van der Waals surface area (Å²) in [5, 5.41) is 11.5. The Bertz CT molecular complexity index is 452. The van der Waals surface area contributed by atoms with Crippen LogP contribution in [-0.4, -0.2) is 36.4 Å². The summed E-state index contributed by atoms with van der Waals surface area (Å²) in [5.74, 6) is 1.22. The average molecular weight is 269 g/mol. The van der Waals surface area contributed by atoms with Crippen LogP contribution in [0.4, 0.5) is 0 Å². The van der Waals surface area contributed by atoms with Crippen LogP contribution in [0, 0.1) is 0 Å². The molecule has 18 heavy (non-hydrogen) atoms. The second-order valence-corrected chi connectivity index (χ2v) is 5.02. The number of carboxylic acid groups (broad SMARTS) is 1. The van der Waals surface area contributed by atoms with Gasteiger partial charge in [0.2, 0.25) is 0 Å². The van der Waals surface area contributed by atoms with Gasteiger partial charge in [0.25, 0.3) is 0 Å². The average Bonchev–Trinajstić information content (AvgIpc) is 2.87. The molecule has 0 radical (unpaired) electrons. The molecule has 0 spiro atoms. The highest BCUT2D eigenvalue weighted by atomic mass is 32.2. The molecule has 2 N–H and O–H groups in total. The van der Waals surface area contributed by atoms with Gasteiger partial charge in [-0.05, 0) is 17.7 Å². The van der Waals surface area contributed by atoms with E-state index in [1.165, 1.54) is 11.8 Å². The fourth-order valence-electron chi connectivity index (χ4n) is 1.88. The molecule has 0 aliphatic carbocycles. The van der Waals surface area contributed by atoms with Gasteiger partial charge in [0, 0.05) is 11.8 Å². The lowest BCUT2D eigenvalue weighted by atomic mass is 10.1. The van der Waals surface area contributed by atoms with Crippen LogP contribution in [0.25, 0.3) is 0 Å². The first-order valence-corrected chi connectivity index (χ1v) is 6.53. The molecule has 1 aliphatic heterocycles. The van der Waals surface area contributed by atoms with Gasteiger partial charge in [-0.1, -0.05) is 6.07 Å². The predicted molar refractivity (Wildman–Crippen MR) is 69.3 cm³/mol. The van der Waals surface area contributed by atoms with Gasteiger partial charge < -0.3 is 14.6 Å². The molecule has 1 aromatic rings. The third-order valence-corrected chi connectivity index (χ3v) is 4.01. The maximum Gasteiger partial charge on any atom is 0.331 e. The topological polar surface area (TPSA) is 67.8 Å². The van der Waals surface area contributed by atoms with Gasteiger partial charge in [-0.15, -0.1) is 11.8 Å². The fraction of sp³-hybridized carbons (Fsp3) is 0.417. The van der Waals surface area contributed by atoms with Crippen molar-refractivity contribution < 1.29 is 19.4 Å². The van der Waals surface area contributed by atoms with Crippen molar-refractivity contribution in [3.63, 3.8) is 0 Å². The molecule has 0 bridgehead atoms. The Hall–Kier alpha value is -1.40. The largest absolute Gasteiger partial charge is 0.493 e. The number of carbonyl (C=O) groups is 1. The SMILES string of the molecule is COc1ccc([C@H]2CS[C@H](C(=O)O)N2)cc1OC. The maximum atomic E-state index is 10.9. The minimum atomic E-state index is -0.831. The van der Waals surface area contributed by atoms with Crippen LogP contribution in [0.3, 0.4) is 0 Å². The molecule has 1 aromatic carbocycles. The molecule has 1 heterocycles. The van der Waals surface area contributed by atoms with E-state index in [1.54, 1.807) is 14.2 Å². The molecule has 0 saturated carbocycles. The van der Waals surface area contributed by atoms with Crippen LogP contribution >= 0.6 is 11.8 Å².